The first-order chi connectivity index (χ1) is 9.70. The predicted octanol–water partition coefficient (Wildman–Crippen LogP) is 4.97. The first kappa shape index (κ1) is 15.7. The highest BCUT2D eigenvalue weighted by Crippen LogP contribution is 2.30. The summed E-state index contributed by atoms with van der Waals surface area (Å²) < 4.78 is 5.92. The lowest BCUT2D eigenvalue weighted by molar-refractivity contribution is 0.209. The van der Waals surface area contributed by atoms with Crippen molar-refractivity contribution in [2.24, 2.45) is 5.92 Å². The van der Waals surface area contributed by atoms with Gasteiger partial charge in [0.2, 0.25) is 0 Å². The molecule has 1 aromatic rings. The molecule has 3 heteroatoms. The Morgan fingerprint density at radius 2 is 2.05 bits per heavy atom. The van der Waals surface area contributed by atoms with Crippen molar-refractivity contribution < 1.29 is 4.74 Å². The molecule has 0 radical (unpaired) electrons. The molecular formula is C17H26ClNO. The van der Waals surface area contributed by atoms with E-state index in [4.69, 9.17) is 16.3 Å². The average Bonchev–Trinajstić information content (AvgIpc) is 2.47. The molecule has 0 aromatic heterocycles. The maximum Gasteiger partial charge on any atom is 0.137 e. The molecule has 0 bridgehead atoms. The number of halogens is 1. The summed E-state index contributed by atoms with van der Waals surface area (Å²) in [7, 11) is 0. The fourth-order valence-electron chi connectivity index (χ4n) is 2.89. The summed E-state index contributed by atoms with van der Waals surface area (Å²) in [4.78, 5) is 0. The molecule has 1 aliphatic rings. The van der Waals surface area contributed by atoms with Gasteiger partial charge in [-0.2, -0.15) is 0 Å². The van der Waals surface area contributed by atoms with Crippen molar-refractivity contribution in [2.45, 2.75) is 52.0 Å². The molecule has 1 aliphatic carbocycles. The van der Waals surface area contributed by atoms with E-state index < -0.39 is 0 Å². The van der Waals surface area contributed by atoms with Crippen molar-refractivity contribution in [1.29, 1.82) is 0 Å². The second kappa shape index (κ2) is 7.90. The Hall–Kier alpha value is -0.730. The Morgan fingerprint density at radius 3 is 2.70 bits per heavy atom. The lowest BCUT2D eigenvalue weighted by Gasteiger charge is -2.22. The minimum absolute atomic E-state index is 0.324. The number of benzene rings is 1. The fraction of sp³-hybridized carbons (Fsp3) is 0.647. The molecule has 20 heavy (non-hydrogen) atoms. The summed E-state index contributed by atoms with van der Waals surface area (Å²) in [5, 5.41) is 4.12. The predicted molar refractivity (Wildman–Crippen MR) is 85.6 cm³/mol. The number of hydrogen-bond acceptors (Lipinski definition) is 2. The van der Waals surface area contributed by atoms with Crippen molar-refractivity contribution >= 4 is 11.6 Å². The van der Waals surface area contributed by atoms with Crippen LogP contribution in [0, 0.1) is 5.92 Å². The van der Waals surface area contributed by atoms with E-state index >= 15 is 0 Å². The standard InChI is InChI=1S/C17H26ClNO/c1-3-19-13(2)15-9-10-17(16(18)11-15)20-12-14-7-5-4-6-8-14/h9-11,13-14,19H,3-8,12H2,1-2H3. The molecule has 1 atom stereocenters. The van der Waals surface area contributed by atoms with Gasteiger partial charge in [0.05, 0.1) is 11.6 Å². The number of rotatable bonds is 6. The van der Waals surface area contributed by atoms with E-state index in [0.717, 1.165) is 23.9 Å². The monoisotopic (exact) mass is 295 g/mol. The van der Waals surface area contributed by atoms with Crippen molar-refractivity contribution in [2.75, 3.05) is 13.2 Å². The average molecular weight is 296 g/mol. The van der Waals surface area contributed by atoms with Crippen LogP contribution >= 0.6 is 11.6 Å². The first-order valence-corrected chi connectivity index (χ1v) is 8.24. The topological polar surface area (TPSA) is 21.3 Å². The number of nitrogens with one attached hydrogen (secondary N) is 1. The maximum atomic E-state index is 6.34. The third-order valence-electron chi connectivity index (χ3n) is 4.17. The smallest absolute Gasteiger partial charge is 0.137 e. The van der Waals surface area contributed by atoms with E-state index in [-0.39, 0.29) is 0 Å². The van der Waals surface area contributed by atoms with Crippen LogP contribution in [0.5, 0.6) is 5.75 Å². The fourth-order valence-corrected chi connectivity index (χ4v) is 3.13. The second-order valence-electron chi connectivity index (χ2n) is 5.78. The summed E-state index contributed by atoms with van der Waals surface area (Å²) in [6.07, 6.45) is 6.68. The van der Waals surface area contributed by atoms with Gasteiger partial charge in [0.25, 0.3) is 0 Å². The van der Waals surface area contributed by atoms with E-state index in [0.29, 0.717) is 12.0 Å². The van der Waals surface area contributed by atoms with Crippen LogP contribution < -0.4 is 10.1 Å². The van der Waals surface area contributed by atoms with E-state index in [9.17, 15) is 0 Å². The van der Waals surface area contributed by atoms with E-state index in [1.807, 2.05) is 12.1 Å². The van der Waals surface area contributed by atoms with Crippen molar-refractivity contribution in [3.63, 3.8) is 0 Å². The van der Waals surface area contributed by atoms with Crippen LogP contribution in [0.15, 0.2) is 18.2 Å². The van der Waals surface area contributed by atoms with Gasteiger partial charge in [-0.3, -0.25) is 0 Å². The Balaban J connectivity index is 1.91. The van der Waals surface area contributed by atoms with Gasteiger partial charge >= 0.3 is 0 Å². The van der Waals surface area contributed by atoms with Gasteiger partial charge in [0.15, 0.2) is 0 Å². The molecule has 0 amide bonds. The molecule has 1 aromatic carbocycles. The van der Waals surface area contributed by atoms with E-state index in [1.165, 1.54) is 37.7 Å². The molecule has 0 saturated heterocycles. The van der Waals surface area contributed by atoms with E-state index in [1.54, 1.807) is 0 Å². The first-order valence-electron chi connectivity index (χ1n) is 7.86. The van der Waals surface area contributed by atoms with Crippen LogP contribution in [0.2, 0.25) is 5.02 Å². The van der Waals surface area contributed by atoms with Crippen molar-refractivity contribution in [3.8, 4) is 5.75 Å². The summed E-state index contributed by atoms with van der Waals surface area (Å²) in [6.45, 7) is 6.03. The highest BCUT2D eigenvalue weighted by Gasteiger charge is 2.15. The molecule has 2 rings (SSSR count). The molecule has 0 heterocycles. The Morgan fingerprint density at radius 1 is 1.30 bits per heavy atom. The molecule has 1 unspecified atom stereocenters. The molecule has 2 nitrogen and oxygen atoms in total. The van der Waals surface area contributed by atoms with Crippen LogP contribution in [0.4, 0.5) is 0 Å². The van der Waals surface area contributed by atoms with Gasteiger partial charge in [-0.15, -0.1) is 0 Å². The van der Waals surface area contributed by atoms with Gasteiger partial charge in [-0.05, 0) is 49.9 Å². The Kier molecular flexibility index (Phi) is 6.18. The summed E-state index contributed by atoms with van der Waals surface area (Å²) >= 11 is 6.34. The minimum atomic E-state index is 0.324. The molecule has 0 spiro atoms. The molecular weight excluding hydrogens is 270 g/mol. The van der Waals surface area contributed by atoms with Crippen molar-refractivity contribution in [3.05, 3.63) is 28.8 Å². The zero-order valence-electron chi connectivity index (χ0n) is 12.6. The third-order valence-corrected chi connectivity index (χ3v) is 4.46. The Bertz CT molecular complexity index is 415. The van der Waals surface area contributed by atoms with Crippen LogP contribution in [0.1, 0.15) is 57.6 Å². The lowest BCUT2D eigenvalue weighted by Crippen LogP contribution is -2.18. The van der Waals surface area contributed by atoms with Gasteiger partial charge in [-0.1, -0.05) is 43.9 Å². The molecule has 1 N–H and O–H groups in total. The second-order valence-corrected chi connectivity index (χ2v) is 6.19. The highest BCUT2D eigenvalue weighted by atomic mass is 35.5. The number of ether oxygens (including phenoxy) is 1. The molecule has 1 fully saturated rings. The lowest BCUT2D eigenvalue weighted by atomic mass is 9.90. The zero-order valence-corrected chi connectivity index (χ0v) is 13.4. The molecule has 0 aliphatic heterocycles. The van der Waals surface area contributed by atoms with Gasteiger partial charge < -0.3 is 10.1 Å². The Labute approximate surface area is 127 Å². The third kappa shape index (κ3) is 4.39. The van der Waals surface area contributed by atoms with Gasteiger partial charge in [0, 0.05) is 6.04 Å². The van der Waals surface area contributed by atoms with Gasteiger partial charge in [0.1, 0.15) is 5.75 Å². The summed E-state index contributed by atoms with van der Waals surface area (Å²) in [5.74, 6) is 1.53. The van der Waals surface area contributed by atoms with Crippen molar-refractivity contribution in [1.82, 2.24) is 5.32 Å². The highest BCUT2D eigenvalue weighted by molar-refractivity contribution is 6.32. The van der Waals surface area contributed by atoms with Crippen LogP contribution in [0.3, 0.4) is 0 Å². The normalized spacial score (nSPS) is 17.9. The largest absolute Gasteiger partial charge is 0.492 e. The minimum Gasteiger partial charge on any atom is -0.492 e. The molecule has 112 valence electrons. The number of hydrogen-bond donors (Lipinski definition) is 1. The maximum absolute atomic E-state index is 6.34. The summed E-state index contributed by atoms with van der Waals surface area (Å²) in [5.41, 5.74) is 1.21. The SMILES string of the molecule is CCNC(C)c1ccc(OCC2CCCCC2)c(Cl)c1. The molecule has 1 saturated carbocycles. The quantitative estimate of drug-likeness (QED) is 0.800. The van der Waals surface area contributed by atoms with E-state index in [2.05, 4.69) is 25.2 Å². The van der Waals surface area contributed by atoms with Crippen LogP contribution in [0.25, 0.3) is 0 Å². The van der Waals surface area contributed by atoms with Crippen LogP contribution in [-0.2, 0) is 0 Å². The zero-order chi connectivity index (χ0) is 14.4. The summed E-state index contributed by atoms with van der Waals surface area (Å²) in [6, 6.07) is 6.46. The van der Waals surface area contributed by atoms with Gasteiger partial charge in [-0.25, -0.2) is 0 Å². The van der Waals surface area contributed by atoms with Crippen LogP contribution in [-0.4, -0.2) is 13.2 Å².